The molecule has 0 aromatic heterocycles. The van der Waals surface area contributed by atoms with Gasteiger partial charge in [0.05, 0.1) is 7.11 Å². The molecule has 0 radical (unpaired) electrons. The van der Waals surface area contributed by atoms with Crippen LogP contribution in [0.4, 0.5) is 0 Å². The summed E-state index contributed by atoms with van der Waals surface area (Å²) in [6.07, 6.45) is 7.19. The maximum atomic E-state index is 11.5. The van der Waals surface area contributed by atoms with E-state index in [0.29, 0.717) is 12.8 Å². The zero-order valence-electron chi connectivity index (χ0n) is 11.0. The van der Waals surface area contributed by atoms with Gasteiger partial charge in [0, 0.05) is 19.3 Å². The van der Waals surface area contributed by atoms with E-state index in [-0.39, 0.29) is 25.2 Å². The number of carboxylic acid groups (broad SMARTS) is 1. The molecule has 1 atom stereocenters. The topological polar surface area (TPSA) is 92.7 Å². The van der Waals surface area contributed by atoms with Gasteiger partial charge in [-0.1, -0.05) is 0 Å². The van der Waals surface area contributed by atoms with Crippen LogP contribution in [0.15, 0.2) is 0 Å². The lowest BCUT2D eigenvalue weighted by Gasteiger charge is -2.13. The van der Waals surface area contributed by atoms with Gasteiger partial charge in [0.25, 0.3) is 0 Å². The first-order valence-electron chi connectivity index (χ1n) is 6.03. The van der Waals surface area contributed by atoms with E-state index in [1.165, 1.54) is 7.11 Å². The molecule has 106 valence electrons. The van der Waals surface area contributed by atoms with E-state index in [9.17, 15) is 14.4 Å². The normalized spacial score (nSPS) is 11.2. The number of hydrogen-bond donors (Lipinski definition) is 2. The molecule has 0 fully saturated rings. The number of rotatable bonds is 9. The average molecular weight is 269 g/mol. The molecule has 6 nitrogen and oxygen atoms in total. The van der Waals surface area contributed by atoms with Crippen LogP contribution in [-0.2, 0) is 19.1 Å². The molecule has 6 heteroatoms. The first-order chi connectivity index (χ1) is 9.01. The molecule has 0 aliphatic heterocycles. The van der Waals surface area contributed by atoms with Crippen LogP contribution >= 0.6 is 0 Å². The van der Waals surface area contributed by atoms with E-state index < -0.39 is 18.0 Å². The zero-order valence-corrected chi connectivity index (χ0v) is 11.0. The number of hydrogen-bond acceptors (Lipinski definition) is 4. The fourth-order valence-electron chi connectivity index (χ4n) is 1.40. The number of carbonyl (C=O) groups is 3. The predicted molar refractivity (Wildman–Crippen MR) is 68.1 cm³/mol. The van der Waals surface area contributed by atoms with E-state index >= 15 is 0 Å². The van der Waals surface area contributed by atoms with Crippen molar-refractivity contribution in [2.75, 3.05) is 7.11 Å². The second kappa shape index (κ2) is 9.95. The van der Waals surface area contributed by atoms with Gasteiger partial charge in [0.2, 0.25) is 5.91 Å². The molecule has 0 saturated carbocycles. The first kappa shape index (κ1) is 17.0. The van der Waals surface area contributed by atoms with Crippen molar-refractivity contribution in [3.8, 4) is 12.3 Å². The average Bonchev–Trinajstić information content (AvgIpc) is 2.38. The summed E-state index contributed by atoms with van der Waals surface area (Å²) in [5.74, 6) is 0.439. The third kappa shape index (κ3) is 8.66. The zero-order chi connectivity index (χ0) is 14.7. The Morgan fingerprint density at radius 1 is 1.32 bits per heavy atom. The number of carbonyl (C=O) groups excluding carboxylic acids is 2. The van der Waals surface area contributed by atoms with Crippen molar-refractivity contribution in [2.45, 2.75) is 44.6 Å². The Hall–Kier alpha value is -2.03. The van der Waals surface area contributed by atoms with Crippen molar-refractivity contribution < 1.29 is 24.2 Å². The Morgan fingerprint density at radius 2 is 2.00 bits per heavy atom. The molecule has 0 saturated heterocycles. The molecule has 1 amide bonds. The van der Waals surface area contributed by atoms with Gasteiger partial charge in [-0.3, -0.25) is 9.59 Å². The summed E-state index contributed by atoms with van der Waals surface area (Å²) in [5, 5.41) is 11.3. The highest BCUT2D eigenvalue weighted by Gasteiger charge is 2.20. The minimum absolute atomic E-state index is 0.0120. The molecular weight excluding hydrogens is 250 g/mol. The monoisotopic (exact) mass is 269 g/mol. The van der Waals surface area contributed by atoms with Gasteiger partial charge in [-0.05, 0) is 19.3 Å². The highest BCUT2D eigenvalue weighted by atomic mass is 16.5. The molecule has 2 N–H and O–H groups in total. The van der Waals surface area contributed by atoms with Crippen LogP contribution in [-0.4, -0.2) is 36.1 Å². The van der Waals surface area contributed by atoms with Crippen molar-refractivity contribution in [1.82, 2.24) is 5.32 Å². The second-order valence-electron chi connectivity index (χ2n) is 3.98. The summed E-state index contributed by atoms with van der Waals surface area (Å²) in [4.78, 5) is 33.3. The van der Waals surface area contributed by atoms with E-state index in [1.54, 1.807) is 0 Å². The van der Waals surface area contributed by atoms with Gasteiger partial charge in [-0.15, -0.1) is 12.3 Å². The van der Waals surface area contributed by atoms with Gasteiger partial charge in [-0.2, -0.15) is 0 Å². The molecule has 0 aliphatic carbocycles. The minimum atomic E-state index is -1.17. The summed E-state index contributed by atoms with van der Waals surface area (Å²) in [6.45, 7) is 0. The summed E-state index contributed by atoms with van der Waals surface area (Å²) >= 11 is 0. The maximum absolute atomic E-state index is 11.5. The van der Waals surface area contributed by atoms with Crippen LogP contribution in [0.2, 0.25) is 0 Å². The standard InChI is InChI=1S/C13H19NO5/c1-3-4-5-6-7-11(15)14-10(13(17)18)8-9-12(16)19-2/h1,10H,4-9H2,2H3,(H,14,15)(H,17,18)/t10-/m0/s1. The molecular formula is C13H19NO5. The lowest BCUT2D eigenvalue weighted by Crippen LogP contribution is -2.41. The van der Waals surface area contributed by atoms with Crippen LogP contribution in [0.5, 0.6) is 0 Å². The van der Waals surface area contributed by atoms with E-state index in [4.69, 9.17) is 11.5 Å². The van der Waals surface area contributed by atoms with Gasteiger partial charge < -0.3 is 15.2 Å². The highest BCUT2D eigenvalue weighted by molar-refractivity contribution is 5.83. The van der Waals surface area contributed by atoms with Gasteiger partial charge in [-0.25, -0.2) is 4.79 Å². The Bertz CT molecular complexity index is 359. The fraction of sp³-hybridized carbons (Fsp3) is 0.615. The lowest BCUT2D eigenvalue weighted by atomic mass is 10.1. The number of aliphatic carboxylic acids is 1. The number of unbranched alkanes of at least 4 members (excludes halogenated alkanes) is 2. The van der Waals surface area contributed by atoms with Gasteiger partial charge in [0.1, 0.15) is 6.04 Å². The van der Waals surface area contributed by atoms with Crippen molar-refractivity contribution in [3.05, 3.63) is 0 Å². The number of ether oxygens (including phenoxy) is 1. The summed E-state index contributed by atoms with van der Waals surface area (Å²) < 4.78 is 4.41. The molecule has 0 heterocycles. The van der Waals surface area contributed by atoms with Crippen LogP contribution in [0, 0.1) is 12.3 Å². The Labute approximate surface area is 112 Å². The van der Waals surface area contributed by atoms with Crippen LogP contribution < -0.4 is 5.32 Å². The third-order valence-corrected chi connectivity index (χ3v) is 2.47. The number of terminal acetylenes is 1. The smallest absolute Gasteiger partial charge is 0.326 e. The fourth-order valence-corrected chi connectivity index (χ4v) is 1.40. The third-order valence-electron chi connectivity index (χ3n) is 2.47. The molecule has 0 rings (SSSR count). The summed E-state index contributed by atoms with van der Waals surface area (Å²) in [5.41, 5.74) is 0. The molecule has 0 spiro atoms. The molecule has 0 unspecified atom stereocenters. The largest absolute Gasteiger partial charge is 0.480 e. The Balaban J connectivity index is 4.05. The van der Waals surface area contributed by atoms with E-state index in [0.717, 1.165) is 6.42 Å². The van der Waals surface area contributed by atoms with Crippen LogP contribution in [0.1, 0.15) is 38.5 Å². The Kier molecular flexibility index (Phi) is 8.88. The first-order valence-corrected chi connectivity index (χ1v) is 6.03. The molecule has 19 heavy (non-hydrogen) atoms. The molecule has 0 aromatic carbocycles. The maximum Gasteiger partial charge on any atom is 0.326 e. The van der Waals surface area contributed by atoms with Crippen molar-refractivity contribution in [2.24, 2.45) is 0 Å². The summed E-state index contributed by atoms with van der Waals surface area (Å²) in [7, 11) is 1.22. The van der Waals surface area contributed by atoms with Crippen molar-refractivity contribution in [1.29, 1.82) is 0 Å². The number of esters is 1. The lowest BCUT2D eigenvalue weighted by molar-refractivity contribution is -0.144. The van der Waals surface area contributed by atoms with Gasteiger partial charge in [0.15, 0.2) is 0 Å². The van der Waals surface area contributed by atoms with Gasteiger partial charge >= 0.3 is 11.9 Å². The molecule has 0 aromatic rings. The predicted octanol–water partition coefficient (Wildman–Crippen LogP) is 0.703. The molecule has 0 bridgehead atoms. The highest BCUT2D eigenvalue weighted by Crippen LogP contribution is 2.03. The van der Waals surface area contributed by atoms with Crippen molar-refractivity contribution >= 4 is 17.8 Å². The minimum Gasteiger partial charge on any atom is -0.480 e. The van der Waals surface area contributed by atoms with Crippen molar-refractivity contribution in [3.63, 3.8) is 0 Å². The summed E-state index contributed by atoms with van der Waals surface area (Å²) in [6, 6.07) is -1.07. The second-order valence-corrected chi connectivity index (χ2v) is 3.98. The molecule has 0 aliphatic rings. The number of nitrogens with one attached hydrogen (secondary N) is 1. The Morgan fingerprint density at radius 3 is 2.53 bits per heavy atom. The van der Waals surface area contributed by atoms with E-state index in [2.05, 4.69) is 16.0 Å². The van der Waals surface area contributed by atoms with Crippen LogP contribution in [0.3, 0.4) is 0 Å². The quantitative estimate of drug-likeness (QED) is 0.365. The number of carboxylic acids is 1. The van der Waals surface area contributed by atoms with E-state index in [1.807, 2.05) is 0 Å². The SMILES string of the molecule is C#CCCCCC(=O)N[C@@H](CCC(=O)OC)C(=O)O. The number of amides is 1. The van der Waals surface area contributed by atoms with Crippen LogP contribution in [0.25, 0.3) is 0 Å². The number of methoxy groups -OCH3 is 1.